The van der Waals surface area contributed by atoms with Gasteiger partial charge in [-0.15, -0.1) is 6.42 Å². The Kier molecular flexibility index (Phi) is 8.83. The lowest BCUT2D eigenvalue weighted by molar-refractivity contribution is -0.136. The Labute approximate surface area is 94.1 Å². The summed E-state index contributed by atoms with van der Waals surface area (Å²) in [6.45, 7) is 0.360. The number of terminal acetylenes is 1. The van der Waals surface area contributed by atoms with Gasteiger partial charge < -0.3 is 4.74 Å². The van der Waals surface area contributed by atoms with E-state index in [0.717, 1.165) is 5.75 Å². The molecule has 0 amide bonds. The van der Waals surface area contributed by atoms with Crippen LogP contribution < -0.4 is 0 Å². The van der Waals surface area contributed by atoms with Gasteiger partial charge in [-0.1, -0.05) is 0 Å². The zero-order valence-electron chi connectivity index (χ0n) is 8.22. The Morgan fingerprint density at radius 3 is 2.60 bits per heavy atom. The summed E-state index contributed by atoms with van der Waals surface area (Å²) in [6.07, 6.45) is 6.78. The van der Waals surface area contributed by atoms with Gasteiger partial charge in [-0.25, -0.2) is 4.79 Å². The van der Waals surface area contributed by atoms with E-state index in [1.807, 2.05) is 6.26 Å². The third kappa shape index (κ3) is 9.98. The van der Waals surface area contributed by atoms with E-state index in [1.54, 1.807) is 11.8 Å². The molecule has 0 aromatic rings. The fourth-order valence-corrected chi connectivity index (χ4v) is 0.716. The lowest BCUT2D eigenvalue weighted by atomic mass is 10.5. The van der Waals surface area contributed by atoms with Crippen molar-refractivity contribution in [2.75, 3.05) is 18.6 Å². The van der Waals surface area contributed by atoms with E-state index in [9.17, 15) is 4.79 Å². The summed E-state index contributed by atoms with van der Waals surface area (Å²) in [7, 11) is 0. The molecular formula is C12H8O2S. The molecule has 15 heavy (non-hydrogen) atoms. The van der Waals surface area contributed by atoms with Crippen LogP contribution in [0.25, 0.3) is 0 Å². The molecule has 0 unspecified atom stereocenters. The van der Waals surface area contributed by atoms with Crippen LogP contribution in [0.4, 0.5) is 0 Å². The van der Waals surface area contributed by atoms with Crippen molar-refractivity contribution in [1.29, 1.82) is 0 Å². The van der Waals surface area contributed by atoms with Gasteiger partial charge in [0.2, 0.25) is 0 Å². The van der Waals surface area contributed by atoms with E-state index in [-0.39, 0.29) is 0 Å². The summed E-state index contributed by atoms with van der Waals surface area (Å²) in [6, 6.07) is 0. The van der Waals surface area contributed by atoms with E-state index in [2.05, 4.69) is 41.4 Å². The third-order valence-electron chi connectivity index (χ3n) is 1.01. The Hall–Kier alpha value is -1.94. The van der Waals surface area contributed by atoms with Gasteiger partial charge in [0, 0.05) is 11.7 Å². The van der Waals surface area contributed by atoms with Crippen LogP contribution in [0.2, 0.25) is 0 Å². The van der Waals surface area contributed by atoms with Crippen molar-refractivity contribution in [2.24, 2.45) is 0 Å². The Balaban J connectivity index is 3.90. The van der Waals surface area contributed by atoms with Gasteiger partial charge in [0.05, 0.1) is 0 Å². The van der Waals surface area contributed by atoms with Crippen molar-refractivity contribution in [3.05, 3.63) is 0 Å². The van der Waals surface area contributed by atoms with E-state index >= 15 is 0 Å². The van der Waals surface area contributed by atoms with Crippen LogP contribution in [-0.2, 0) is 9.53 Å². The van der Waals surface area contributed by atoms with Crippen molar-refractivity contribution in [3.8, 4) is 47.9 Å². The first-order chi connectivity index (χ1) is 7.31. The first kappa shape index (κ1) is 13.1. The molecule has 0 atom stereocenters. The molecule has 0 spiro atoms. The van der Waals surface area contributed by atoms with E-state index < -0.39 is 5.97 Å². The molecule has 0 radical (unpaired) electrons. The minimum absolute atomic E-state index is 0.360. The molecule has 0 heterocycles. The van der Waals surface area contributed by atoms with E-state index in [4.69, 9.17) is 11.2 Å². The number of carbonyl (C=O) groups excluding carboxylic acids is 1. The number of ether oxygens (including phenoxy) is 1. The summed E-state index contributed by atoms with van der Waals surface area (Å²) < 4.78 is 4.74. The molecule has 0 saturated heterocycles. The fraction of sp³-hybridized carbons (Fsp3) is 0.250. The summed E-state index contributed by atoms with van der Waals surface area (Å²) in [4.78, 5) is 10.9. The van der Waals surface area contributed by atoms with Crippen LogP contribution >= 0.6 is 11.8 Å². The van der Waals surface area contributed by atoms with Crippen LogP contribution in [0.1, 0.15) is 0 Å². The van der Waals surface area contributed by atoms with Crippen LogP contribution in [-0.4, -0.2) is 24.6 Å². The quantitative estimate of drug-likeness (QED) is 0.298. The Morgan fingerprint density at radius 2 is 1.93 bits per heavy atom. The molecule has 0 aromatic heterocycles. The highest BCUT2D eigenvalue weighted by atomic mass is 32.2. The Morgan fingerprint density at radius 1 is 1.27 bits per heavy atom. The second-order valence-electron chi connectivity index (χ2n) is 2.02. The minimum Gasteiger partial charge on any atom is -0.455 e. The predicted octanol–water partition coefficient (Wildman–Crippen LogP) is 0.536. The first-order valence-electron chi connectivity index (χ1n) is 3.93. The topological polar surface area (TPSA) is 26.3 Å². The zero-order valence-corrected chi connectivity index (χ0v) is 9.03. The molecule has 74 valence electrons. The van der Waals surface area contributed by atoms with Crippen molar-refractivity contribution in [1.82, 2.24) is 0 Å². The predicted molar refractivity (Wildman–Crippen MR) is 61.5 cm³/mol. The van der Waals surface area contributed by atoms with Gasteiger partial charge in [0.1, 0.15) is 6.61 Å². The molecule has 3 heteroatoms. The highest BCUT2D eigenvalue weighted by molar-refractivity contribution is 7.98. The molecule has 0 aliphatic carbocycles. The van der Waals surface area contributed by atoms with Crippen molar-refractivity contribution in [3.63, 3.8) is 0 Å². The lowest BCUT2D eigenvalue weighted by Gasteiger charge is -1.95. The monoisotopic (exact) mass is 216 g/mol. The highest BCUT2D eigenvalue weighted by Gasteiger charge is 1.93. The summed E-state index contributed by atoms with van der Waals surface area (Å²) in [5.41, 5.74) is 0. The van der Waals surface area contributed by atoms with Gasteiger partial charge >= 0.3 is 5.97 Å². The average molecular weight is 216 g/mol. The number of hydrogen-bond acceptors (Lipinski definition) is 3. The molecule has 0 N–H and O–H groups in total. The van der Waals surface area contributed by atoms with Gasteiger partial charge in [-0.05, 0) is 41.8 Å². The maximum absolute atomic E-state index is 10.9. The molecule has 0 rings (SSSR count). The van der Waals surface area contributed by atoms with Crippen LogP contribution in [0.5, 0.6) is 0 Å². The summed E-state index contributed by atoms with van der Waals surface area (Å²) in [5.74, 6) is 16.2. The van der Waals surface area contributed by atoms with E-state index in [0.29, 0.717) is 6.61 Å². The van der Waals surface area contributed by atoms with Crippen molar-refractivity contribution >= 4 is 17.7 Å². The van der Waals surface area contributed by atoms with Gasteiger partial charge in [-0.3, -0.25) is 0 Å². The first-order valence-corrected chi connectivity index (χ1v) is 5.33. The number of rotatable bonds is 3. The number of thioether (sulfide) groups is 1. The highest BCUT2D eigenvalue weighted by Crippen LogP contribution is 1.90. The summed E-state index contributed by atoms with van der Waals surface area (Å²) >= 11 is 1.59. The molecular weight excluding hydrogens is 208 g/mol. The molecule has 0 fully saturated rings. The second kappa shape index (κ2) is 10.1. The third-order valence-corrected chi connectivity index (χ3v) is 1.58. The van der Waals surface area contributed by atoms with Crippen molar-refractivity contribution in [2.45, 2.75) is 0 Å². The molecule has 0 aromatic carbocycles. The second-order valence-corrected chi connectivity index (χ2v) is 3.01. The average Bonchev–Trinajstić information content (AvgIpc) is 2.23. The maximum atomic E-state index is 10.9. The van der Waals surface area contributed by atoms with Crippen molar-refractivity contribution < 1.29 is 9.53 Å². The lowest BCUT2D eigenvalue weighted by Crippen LogP contribution is -2.04. The number of carbonyl (C=O) groups is 1. The SMILES string of the molecule is C#CC#CC#CC#CC(=O)OCCSC. The Bertz CT molecular complexity index is 424. The minimum atomic E-state index is -0.580. The molecule has 2 nitrogen and oxygen atoms in total. The smallest absolute Gasteiger partial charge is 0.385 e. The molecule has 0 aliphatic heterocycles. The van der Waals surface area contributed by atoms with Crippen LogP contribution in [0.15, 0.2) is 0 Å². The number of esters is 1. The maximum Gasteiger partial charge on any atom is 0.385 e. The molecule has 0 saturated carbocycles. The van der Waals surface area contributed by atoms with Gasteiger partial charge in [-0.2, -0.15) is 11.8 Å². The molecule has 0 bridgehead atoms. The standard InChI is InChI=1S/C12H8O2S/c1-3-4-5-6-7-8-9-12(13)14-10-11-15-2/h1H,10-11H2,2H3. The van der Waals surface area contributed by atoms with Crippen LogP contribution in [0.3, 0.4) is 0 Å². The van der Waals surface area contributed by atoms with E-state index in [1.165, 1.54) is 0 Å². The largest absolute Gasteiger partial charge is 0.455 e. The number of hydrogen-bond donors (Lipinski definition) is 0. The summed E-state index contributed by atoms with van der Waals surface area (Å²) in [5, 5.41) is 0. The van der Waals surface area contributed by atoms with Gasteiger partial charge in [0.25, 0.3) is 0 Å². The van der Waals surface area contributed by atoms with Crippen LogP contribution in [0, 0.1) is 47.9 Å². The fourth-order valence-electron chi connectivity index (χ4n) is 0.466. The zero-order chi connectivity index (χ0) is 11.4. The molecule has 0 aliphatic rings. The normalized spacial score (nSPS) is 6.40. The van der Waals surface area contributed by atoms with Gasteiger partial charge in [0.15, 0.2) is 0 Å².